The van der Waals surface area contributed by atoms with E-state index in [0.717, 1.165) is 37.4 Å². The van der Waals surface area contributed by atoms with Gasteiger partial charge in [0.1, 0.15) is 0 Å². The summed E-state index contributed by atoms with van der Waals surface area (Å²) in [6, 6.07) is 15.6. The van der Waals surface area contributed by atoms with Crippen LogP contribution in [0.2, 0.25) is 0 Å². The van der Waals surface area contributed by atoms with Crippen LogP contribution in [-0.2, 0) is 14.8 Å². The summed E-state index contributed by atoms with van der Waals surface area (Å²) in [4.78, 5) is 39.2. The molecule has 0 saturated carbocycles. The third kappa shape index (κ3) is 6.14. The Morgan fingerprint density at radius 2 is 1.43 bits per heavy atom. The van der Waals surface area contributed by atoms with Gasteiger partial charge >= 0.3 is 0 Å². The number of hydrogen-bond donors (Lipinski definition) is 1. The molecule has 210 valence electrons. The average molecular weight is 564 g/mol. The van der Waals surface area contributed by atoms with Crippen molar-refractivity contribution >= 4 is 33.5 Å². The number of sulfonamides is 1. The molecule has 1 aromatic heterocycles. The van der Waals surface area contributed by atoms with Crippen molar-refractivity contribution in [1.29, 1.82) is 0 Å². The first-order chi connectivity index (χ1) is 19.2. The lowest BCUT2D eigenvalue weighted by molar-refractivity contribution is -0.129. The molecular formula is C28H33N7O4S. The molecule has 3 aromatic rings. The first-order valence-corrected chi connectivity index (χ1v) is 14.7. The topological polar surface area (TPSA) is 119 Å². The molecule has 11 nitrogen and oxygen atoms in total. The Morgan fingerprint density at radius 1 is 0.800 bits per heavy atom. The summed E-state index contributed by atoms with van der Waals surface area (Å²) in [6.45, 7) is 6.00. The van der Waals surface area contributed by atoms with Crippen LogP contribution in [-0.4, -0.2) is 109 Å². The van der Waals surface area contributed by atoms with E-state index in [1.54, 1.807) is 53.6 Å². The van der Waals surface area contributed by atoms with Gasteiger partial charge in [-0.1, -0.05) is 12.1 Å². The lowest BCUT2D eigenvalue weighted by Crippen LogP contribution is -2.49. The van der Waals surface area contributed by atoms with Gasteiger partial charge in [-0.25, -0.2) is 18.4 Å². The fraction of sp³-hybridized carbons (Fsp3) is 0.357. The molecule has 2 aromatic carbocycles. The van der Waals surface area contributed by atoms with Crippen LogP contribution in [0.25, 0.3) is 11.3 Å². The highest BCUT2D eigenvalue weighted by atomic mass is 32.2. The maximum absolute atomic E-state index is 13.1. The second-order valence-electron chi connectivity index (χ2n) is 10.00. The molecule has 3 heterocycles. The summed E-state index contributed by atoms with van der Waals surface area (Å²) < 4.78 is 27.6. The zero-order chi connectivity index (χ0) is 28.3. The highest BCUT2D eigenvalue weighted by Crippen LogP contribution is 2.24. The smallest absolute Gasteiger partial charge is 0.253 e. The number of hydrogen-bond acceptors (Lipinski definition) is 8. The van der Waals surface area contributed by atoms with Crippen LogP contribution >= 0.6 is 0 Å². The first kappa shape index (κ1) is 27.7. The highest BCUT2D eigenvalue weighted by Gasteiger charge is 2.29. The van der Waals surface area contributed by atoms with Gasteiger partial charge in [0.05, 0.1) is 10.6 Å². The summed E-state index contributed by atoms with van der Waals surface area (Å²) in [5, 5.41) is 3.17. The van der Waals surface area contributed by atoms with Gasteiger partial charge in [-0.05, 0) is 49.5 Å². The second-order valence-corrected chi connectivity index (χ2v) is 11.9. The Kier molecular flexibility index (Phi) is 8.10. The number of piperazine rings is 2. The number of amides is 2. The number of nitrogens with one attached hydrogen (secondary N) is 1. The molecule has 1 N–H and O–H groups in total. The maximum atomic E-state index is 13.1. The fourth-order valence-corrected chi connectivity index (χ4v) is 6.21. The second kappa shape index (κ2) is 11.7. The van der Waals surface area contributed by atoms with Crippen molar-refractivity contribution in [3.05, 3.63) is 66.4 Å². The quantitative estimate of drug-likeness (QED) is 0.485. The maximum Gasteiger partial charge on any atom is 0.253 e. The van der Waals surface area contributed by atoms with E-state index in [-0.39, 0.29) is 29.8 Å². The van der Waals surface area contributed by atoms with Gasteiger partial charge in [-0.2, -0.15) is 4.31 Å². The lowest BCUT2D eigenvalue weighted by Gasteiger charge is -2.33. The van der Waals surface area contributed by atoms with Crippen molar-refractivity contribution in [1.82, 2.24) is 29.0 Å². The summed E-state index contributed by atoms with van der Waals surface area (Å²) >= 11 is 0. The minimum absolute atomic E-state index is 0.0293. The Morgan fingerprint density at radius 3 is 2.05 bits per heavy atom. The molecule has 40 heavy (non-hydrogen) atoms. The number of anilines is 2. The molecule has 2 amide bonds. The van der Waals surface area contributed by atoms with Crippen molar-refractivity contribution in [2.45, 2.75) is 11.8 Å². The van der Waals surface area contributed by atoms with Crippen LogP contribution in [0.5, 0.6) is 0 Å². The zero-order valence-corrected chi connectivity index (χ0v) is 23.5. The highest BCUT2D eigenvalue weighted by molar-refractivity contribution is 7.89. The largest absolute Gasteiger partial charge is 0.340 e. The van der Waals surface area contributed by atoms with Crippen molar-refractivity contribution < 1.29 is 18.0 Å². The van der Waals surface area contributed by atoms with Crippen molar-refractivity contribution in [3.63, 3.8) is 0 Å². The third-order valence-corrected chi connectivity index (χ3v) is 9.22. The zero-order valence-electron chi connectivity index (χ0n) is 22.7. The summed E-state index contributed by atoms with van der Waals surface area (Å²) in [7, 11) is -1.60. The Bertz CT molecular complexity index is 1460. The van der Waals surface area contributed by atoms with Gasteiger partial charge in [-0.3, -0.25) is 9.59 Å². The van der Waals surface area contributed by atoms with Gasteiger partial charge in [0.2, 0.25) is 21.9 Å². The molecule has 2 aliphatic heterocycles. The Hall–Kier alpha value is -3.87. The van der Waals surface area contributed by atoms with E-state index in [0.29, 0.717) is 30.3 Å². The predicted molar refractivity (Wildman–Crippen MR) is 152 cm³/mol. The fourth-order valence-electron chi connectivity index (χ4n) is 4.79. The number of aromatic nitrogens is 2. The molecule has 2 aliphatic rings. The van der Waals surface area contributed by atoms with Gasteiger partial charge in [0, 0.05) is 82.3 Å². The van der Waals surface area contributed by atoms with Crippen LogP contribution in [0.4, 0.5) is 11.6 Å². The molecule has 2 fully saturated rings. The van der Waals surface area contributed by atoms with Gasteiger partial charge < -0.3 is 20.0 Å². The van der Waals surface area contributed by atoms with Crippen molar-refractivity contribution in [2.24, 2.45) is 0 Å². The predicted octanol–water partition coefficient (Wildman–Crippen LogP) is 2.13. The molecule has 0 aliphatic carbocycles. The molecule has 5 rings (SSSR count). The number of likely N-dealkylation sites (N-methyl/N-ethyl adjacent to an activating group) is 1. The standard InChI is InChI=1S/C28H33N7O4S/c1-21(36)33-17-19-35(20-18-33)40(38,39)25-9-5-22(6-10-25)26-11-12-29-28(31-26)30-24-7-3-23(4-8-24)27(37)34-15-13-32(2)14-16-34/h3-12H,13-20H2,1-2H3,(H,29,30,31). The Balaban J connectivity index is 1.23. The van der Waals surface area contributed by atoms with Crippen LogP contribution in [0.15, 0.2) is 65.7 Å². The molecule has 0 atom stereocenters. The number of carbonyl (C=O) groups is 2. The van der Waals surface area contributed by atoms with E-state index in [4.69, 9.17) is 0 Å². The SMILES string of the molecule is CC(=O)N1CCN(S(=O)(=O)c2ccc(-c3ccnc(Nc4ccc(C(=O)N5CCN(C)CC5)cc4)n3)cc2)CC1. The minimum Gasteiger partial charge on any atom is -0.340 e. The van der Waals surface area contributed by atoms with Crippen LogP contribution < -0.4 is 5.32 Å². The van der Waals surface area contributed by atoms with E-state index in [2.05, 4.69) is 27.2 Å². The summed E-state index contributed by atoms with van der Waals surface area (Å²) in [5.41, 5.74) is 2.77. The average Bonchev–Trinajstić information content (AvgIpc) is 2.98. The van der Waals surface area contributed by atoms with Crippen molar-refractivity contribution in [2.75, 3.05) is 64.7 Å². The molecular weight excluding hydrogens is 530 g/mol. The van der Waals surface area contributed by atoms with E-state index in [1.807, 2.05) is 17.0 Å². The normalized spacial score (nSPS) is 17.1. The molecule has 0 unspecified atom stereocenters. The number of benzene rings is 2. The third-order valence-electron chi connectivity index (χ3n) is 7.31. The van der Waals surface area contributed by atoms with Crippen LogP contribution in [0.1, 0.15) is 17.3 Å². The number of nitrogens with zero attached hydrogens (tertiary/aromatic N) is 6. The van der Waals surface area contributed by atoms with E-state index >= 15 is 0 Å². The number of rotatable bonds is 6. The van der Waals surface area contributed by atoms with Gasteiger partial charge in [0.15, 0.2) is 0 Å². The molecule has 0 radical (unpaired) electrons. The first-order valence-electron chi connectivity index (χ1n) is 13.2. The Labute approximate surface area is 234 Å². The molecule has 0 bridgehead atoms. The molecule has 12 heteroatoms. The van der Waals surface area contributed by atoms with E-state index in [1.165, 1.54) is 11.2 Å². The number of carbonyl (C=O) groups excluding carboxylic acids is 2. The van der Waals surface area contributed by atoms with Crippen molar-refractivity contribution in [3.8, 4) is 11.3 Å². The van der Waals surface area contributed by atoms with Gasteiger partial charge in [0.25, 0.3) is 5.91 Å². The minimum atomic E-state index is -3.66. The van der Waals surface area contributed by atoms with Crippen LogP contribution in [0.3, 0.4) is 0 Å². The molecule has 2 saturated heterocycles. The summed E-state index contributed by atoms with van der Waals surface area (Å²) in [5.74, 6) is 0.366. The lowest BCUT2D eigenvalue weighted by atomic mass is 10.1. The van der Waals surface area contributed by atoms with Gasteiger partial charge in [-0.15, -0.1) is 0 Å². The van der Waals surface area contributed by atoms with Crippen LogP contribution in [0, 0.1) is 0 Å². The van der Waals surface area contributed by atoms with E-state index in [9.17, 15) is 18.0 Å². The van der Waals surface area contributed by atoms with E-state index < -0.39 is 10.0 Å². The summed E-state index contributed by atoms with van der Waals surface area (Å²) in [6.07, 6.45) is 1.63. The molecule has 0 spiro atoms. The monoisotopic (exact) mass is 563 g/mol.